The van der Waals surface area contributed by atoms with Crippen molar-refractivity contribution in [3.05, 3.63) is 30.1 Å². The van der Waals surface area contributed by atoms with Gasteiger partial charge in [-0.2, -0.15) is 0 Å². The van der Waals surface area contributed by atoms with Crippen LogP contribution in [0.15, 0.2) is 24.5 Å². The van der Waals surface area contributed by atoms with Gasteiger partial charge in [-0.15, -0.1) is 0 Å². The Morgan fingerprint density at radius 1 is 1.16 bits per heavy atom. The van der Waals surface area contributed by atoms with E-state index in [1.54, 1.807) is 12.4 Å². The quantitative estimate of drug-likeness (QED) is 0.849. The van der Waals surface area contributed by atoms with Crippen LogP contribution in [0.25, 0.3) is 11.0 Å². The number of hydrogen-bond acceptors (Lipinski definition) is 4. The first kappa shape index (κ1) is 12.4. The smallest absolute Gasteiger partial charge is 0.112 e. The molecular formula is C15H20N4. The largest absolute Gasteiger partial charge is 0.368 e. The third kappa shape index (κ3) is 2.28. The number of hydrogen-bond donors (Lipinski definition) is 1. The monoisotopic (exact) mass is 256 g/mol. The minimum atomic E-state index is 0.247. The lowest BCUT2D eigenvalue weighted by atomic mass is 9.96. The first-order valence-corrected chi connectivity index (χ1v) is 6.86. The van der Waals surface area contributed by atoms with Crippen molar-refractivity contribution < 1.29 is 0 Å². The number of benzene rings is 1. The minimum Gasteiger partial charge on any atom is -0.368 e. The number of aromatic nitrogens is 2. The number of rotatable bonds is 1. The van der Waals surface area contributed by atoms with Crippen LogP contribution in [0.4, 0.5) is 5.69 Å². The van der Waals surface area contributed by atoms with Gasteiger partial charge in [-0.25, -0.2) is 0 Å². The maximum absolute atomic E-state index is 6.15. The number of fused-ring (bicyclic) bond motifs is 1. The molecule has 1 aromatic carbocycles. The molecular weight excluding hydrogens is 236 g/mol. The van der Waals surface area contributed by atoms with Crippen LogP contribution in [0.3, 0.4) is 0 Å². The summed E-state index contributed by atoms with van der Waals surface area (Å²) < 4.78 is 0. The van der Waals surface area contributed by atoms with Gasteiger partial charge in [0.1, 0.15) is 5.52 Å². The molecule has 0 saturated carbocycles. The second-order valence-electron chi connectivity index (χ2n) is 5.66. The predicted molar refractivity (Wildman–Crippen MR) is 78.2 cm³/mol. The average molecular weight is 256 g/mol. The van der Waals surface area contributed by atoms with Crippen molar-refractivity contribution in [3.8, 4) is 0 Å². The highest BCUT2D eigenvalue weighted by Gasteiger charge is 2.24. The van der Waals surface area contributed by atoms with Crippen LogP contribution in [0.5, 0.6) is 0 Å². The van der Waals surface area contributed by atoms with Crippen molar-refractivity contribution in [2.24, 2.45) is 11.7 Å². The molecule has 1 aliphatic rings. The van der Waals surface area contributed by atoms with Gasteiger partial charge in [0.15, 0.2) is 0 Å². The molecule has 2 unspecified atom stereocenters. The minimum absolute atomic E-state index is 0.247. The van der Waals surface area contributed by atoms with E-state index >= 15 is 0 Å². The second-order valence-corrected chi connectivity index (χ2v) is 5.66. The molecule has 1 aliphatic heterocycles. The highest BCUT2D eigenvalue weighted by atomic mass is 15.2. The summed E-state index contributed by atoms with van der Waals surface area (Å²) in [7, 11) is 0. The fourth-order valence-corrected chi connectivity index (χ4v) is 3.03. The molecule has 0 radical (unpaired) electrons. The van der Waals surface area contributed by atoms with E-state index in [2.05, 4.69) is 40.8 Å². The average Bonchev–Trinajstić information content (AvgIpc) is 2.38. The third-order valence-electron chi connectivity index (χ3n) is 3.84. The number of anilines is 1. The zero-order valence-electron chi connectivity index (χ0n) is 11.5. The maximum Gasteiger partial charge on any atom is 0.112 e. The molecule has 19 heavy (non-hydrogen) atoms. The first-order chi connectivity index (χ1) is 9.15. The van der Waals surface area contributed by atoms with Crippen LogP contribution in [-0.2, 0) is 0 Å². The van der Waals surface area contributed by atoms with Gasteiger partial charge in [-0.1, -0.05) is 13.0 Å². The summed E-state index contributed by atoms with van der Waals surface area (Å²) >= 11 is 0. The molecule has 2 N–H and O–H groups in total. The van der Waals surface area contributed by atoms with E-state index in [9.17, 15) is 0 Å². The van der Waals surface area contributed by atoms with E-state index in [0.717, 1.165) is 36.2 Å². The lowest BCUT2D eigenvalue weighted by molar-refractivity contribution is 0.402. The Labute approximate surface area is 113 Å². The van der Waals surface area contributed by atoms with Gasteiger partial charge in [-0.3, -0.25) is 9.97 Å². The normalized spacial score (nSPS) is 23.8. The maximum atomic E-state index is 6.15. The molecule has 2 atom stereocenters. The molecule has 1 saturated heterocycles. The van der Waals surface area contributed by atoms with Crippen molar-refractivity contribution in [1.82, 2.24) is 9.97 Å². The zero-order valence-corrected chi connectivity index (χ0v) is 11.5. The fourth-order valence-electron chi connectivity index (χ4n) is 3.03. The Balaban J connectivity index is 2.07. The Kier molecular flexibility index (Phi) is 3.11. The van der Waals surface area contributed by atoms with Gasteiger partial charge >= 0.3 is 0 Å². The molecule has 2 aromatic rings. The number of nitrogens with two attached hydrogens (primary N) is 1. The SMILES string of the molecule is Cc1ccc(N2CC(C)CC(N)C2)c2nccnc12. The highest BCUT2D eigenvalue weighted by molar-refractivity contribution is 5.90. The predicted octanol–water partition coefficient (Wildman–Crippen LogP) is 2.11. The van der Waals surface area contributed by atoms with Crippen LogP contribution < -0.4 is 10.6 Å². The van der Waals surface area contributed by atoms with E-state index in [1.807, 2.05) is 0 Å². The van der Waals surface area contributed by atoms with Crippen LogP contribution in [0.2, 0.25) is 0 Å². The van der Waals surface area contributed by atoms with Crippen molar-refractivity contribution in [2.75, 3.05) is 18.0 Å². The Morgan fingerprint density at radius 2 is 1.89 bits per heavy atom. The van der Waals surface area contributed by atoms with Gasteiger partial charge < -0.3 is 10.6 Å². The second kappa shape index (κ2) is 4.78. The summed E-state index contributed by atoms with van der Waals surface area (Å²) in [5, 5.41) is 0. The highest BCUT2D eigenvalue weighted by Crippen LogP contribution is 2.29. The molecule has 0 bridgehead atoms. The van der Waals surface area contributed by atoms with Crippen molar-refractivity contribution in [1.29, 1.82) is 0 Å². The van der Waals surface area contributed by atoms with Gasteiger partial charge in [0.05, 0.1) is 11.2 Å². The molecule has 0 spiro atoms. The molecule has 0 aliphatic carbocycles. The van der Waals surface area contributed by atoms with Gasteiger partial charge in [0.25, 0.3) is 0 Å². The summed E-state index contributed by atoms with van der Waals surface area (Å²) in [6.07, 6.45) is 4.62. The molecule has 2 heterocycles. The summed E-state index contributed by atoms with van der Waals surface area (Å²) in [6.45, 7) is 6.28. The van der Waals surface area contributed by atoms with E-state index in [0.29, 0.717) is 5.92 Å². The van der Waals surface area contributed by atoms with Crippen LogP contribution >= 0.6 is 0 Å². The Bertz CT molecular complexity index is 586. The lowest BCUT2D eigenvalue weighted by Crippen LogP contribution is -2.46. The van der Waals surface area contributed by atoms with Crippen LogP contribution in [-0.4, -0.2) is 29.1 Å². The fraction of sp³-hybridized carbons (Fsp3) is 0.467. The Hall–Kier alpha value is -1.68. The Morgan fingerprint density at radius 3 is 2.63 bits per heavy atom. The van der Waals surface area contributed by atoms with Crippen LogP contribution in [0.1, 0.15) is 18.9 Å². The van der Waals surface area contributed by atoms with E-state index in [4.69, 9.17) is 5.73 Å². The standard InChI is InChI=1S/C15H20N4/c1-10-7-12(16)9-19(8-10)13-4-3-11(2)14-15(13)18-6-5-17-14/h3-6,10,12H,7-9,16H2,1-2H3. The molecule has 4 nitrogen and oxygen atoms in total. The van der Waals surface area contributed by atoms with E-state index in [1.165, 1.54) is 5.56 Å². The van der Waals surface area contributed by atoms with Gasteiger partial charge in [0.2, 0.25) is 0 Å². The first-order valence-electron chi connectivity index (χ1n) is 6.86. The molecule has 1 aromatic heterocycles. The van der Waals surface area contributed by atoms with Gasteiger partial charge in [0, 0.05) is 31.5 Å². The van der Waals surface area contributed by atoms with Crippen LogP contribution in [0, 0.1) is 12.8 Å². The summed E-state index contributed by atoms with van der Waals surface area (Å²) in [6, 6.07) is 4.52. The topological polar surface area (TPSA) is 55.0 Å². The number of aryl methyl sites for hydroxylation is 1. The number of piperidine rings is 1. The van der Waals surface area contributed by atoms with Crippen molar-refractivity contribution in [3.63, 3.8) is 0 Å². The van der Waals surface area contributed by atoms with E-state index < -0.39 is 0 Å². The van der Waals surface area contributed by atoms with E-state index in [-0.39, 0.29) is 6.04 Å². The summed E-state index contributed by atoms with van der Waals surface area (Å²) in [5.74, 6) is 0.622. The molecule has 4 heteroatoms. The van der Waals surface area contributed by atoms with Crippen molar-refractivity contribution in [2.45, 2.75) is 26.3 Å². The zero-order chi connectivity index (χ0) is 13.4. The summed E-state index contributed by atoms with van der Waals surface area (Å²) in [4.78, 5) is 11.3. The summed E-state index contributed by atoms with van der Waals surface area (Å²) in [5.41, 5.74) is 10.5. The van der Waals surface area contributed by atoms with Crippen molar-refractivity contribution >= 4 is 16.7 Å². The molecule has 1 fully saturated rings. The van der Waals surface area contributed by atoms with Gasteiger partial charge in [-0.05, 0) is 30.9 Å². The molecule has 0 amide bonds. The lowest BCUT2D eigenvalue weighted by Gasteiger charge is -2.36. The number of nitrogens with zero attached hydrogens (tertiary/aromatic N) is 3. The third-order valence-corrected chi connectivity index (χ3v) is 3.84. The molecule has 100 valence electrons. The molecule has 3 rings (SSSR count).